The molecular weight excluding hydrogens is 524 g/mol. The van der Waals surface area contributed by atoms with Gasteiger partial charge in [-0.15, -0.1) is 0 Å². The highest BCUT2D eigenvalue weighted by Crippen LogP contribution is 2.53. The molecule has 0 N–H and O–H groups in total. The first-order valence-corrected chi connectivity index (χ1v) is 13.9. The van der Waals surface area contributed by atoms with Crippen molar-refractivity contribution >= 4 is 41.2 Å². The largest absolute Gasteiger partial charge is 0.463 e. The third kappa shape index (κ3) is 5.04. The second-order valence-electron chi connectivity index (χ2n) is 11.0. The number of carbonyl (C=O) groups is 2. The number of aromatic nitrogens is 1. The number of hydrogen-bond acceptors (Lipinski definition) is 6. The first-order valence-electron chi connectivity index (χ1n) is 13.5. The summed E-state index contributed by atoms with van der Waals surface area (Å²) in [5.74, 6) is -0.602. The number of nitrogens with zero attached hydrogens (tertiary/aromatic N) is 2. The van der Waals surface area contributed by atoms with E-state index in [2.05, 4.69) is 19.0 Å². The second kappa shape index (κ2) is 10.9. The van der Waals surface area contributed by atoms with Crippen LogP contribution in [0.1, 0.15) is 69.0 Å². The van der Waals surface area contributed by atoms with Gasteiger partial charge in [0.1, 0.15) is 11.4 Å². The molecule has 1 aliphatic heterocycles. The summed E-state index contributed by atoms with van der Waals surface area (Å²) in [6.45, 7) is 9.92. The molecule has 2 heterocycles. The minimum absolute atomic E-state index is 0.00838. The Labute approximate surface area is 239 Å². The number of rotatable bonds is 6. The fourth-order valence-electron chi connectivity index (χ4n) is 5.80. The molecule has 3 aromatic rings. The molecule has 1 aromatic heterocycles. The summed E-state index contributed by atoms with van der Waals surface area (Å²) >= 11 is 6.72. The second-order valence-corrected chi connectivity index (χ2v) is 11.4. The average molecular weight is 557 g/mol. The molecular formula is C33H33ClN2O4. The van der Waals surface area contributed by atoms with Crippen molar-refractivity contribution in [2.75, 3.05) is 11.5 Å². The topological polar surface area (TPSA) is 72.6 Å². The van der Waals surface area contributed by atoms with Gasteiger partial charge in [-0.05, 0) is 55.9 Å². The van der Waals surface area contributed by atoms with Crippen molar-refractivity contribution in [1.29, 1.82) is 0 Å². The fourth-order valence-corrected chi connectivity index (χ4v) is 6.05. The summed E-state index contributed by atoms with van der Waals surface area (Å²) in [6.07, 6.45) is 4.81. The first kappa shape index (κ1) is 27.7. The van der Waals surface area contributed by atoms with Crippen LogP contribution in [0.15, 0.2) is 81.7 Å². The molecule has 1 aliphatic carbocycles. The molecule has 0 amide bonds. The van der Waals surface area contributed by atoms with Crippen molar-refractivity contribution in [2.45, 2.75) is 53.4 Å². The Morgan fingerprint density at radius 2 is 1.80 bits per heavy atom. The zero-order valence-corrected chi connectivity index (χ0v) is 24.2. The Balaban J connectivity index is 1.78. The molecule has 1 unspecified atom stereocenters. The molecule has 40 heavy (non-hydrogen) atoms. The van der Waals surface area contributed by atoms with Gasteiger partial charge in [0.05, 0.1) is 12.2 Å². The number of ketones is 1. The molecule has 0 radical (unpaired) electrons. The van der Waals surface area contributed by atoms with Crippen molar-refractivity contribution in [3.8, 4) is 0 Å². The number of benzene rings is 2. The number of ether oxygens (including phenoxy) is 1. The highest BCUT2D eigenvalue weighted by atomic mass is 35.5. The molecule has 5 rings (SSSR count). The van der Waals surface area contributed by atoms with Crippen LogP contribution in [0.3, 0.4) is 0 Å². The van der Waals surface area contributed by atoms with Gasteiger partial charge in [0.2, 0.25) is 0 Å². The monoisotopic (exact) mass is 556 g/mol. The van der Waals surface area contributed by atoms with Crippen LogP contribution < -0.4 is 4.90 Å². The van der Waals surface area contributed by atoms with Crippen LogP contribution in [-0.2, 0) is 14.3 Å². The third-order valence-electron chi connectivity index (χ3n) is 7.49. The normalized spacial score (nSPS) is 18.9. The van der Waals surface area contributed by atoms with Gasteiger partial charge in [-0.2, -0.15) is 0 Å². The smallest absolute Gasteiger partial charge is 0.336 e. The number of carbonyl (C=O) groups excluding carboxylic acids is 2. The summed E-state index contributed by atoms with van der Waals surface area (Å²) in [5, 5.41) is 4.79. The number of Topliss-reactive ketones (excluding diaryl/α,β-unsaturated/α-hetero) is 1. The standard InChI is InChI=1S/C33H33ClN2O4/c1-6-39-32(38)28-21(3)36(31-20(2)35-40-27(31)17-16-22-12-8-7-9-13-22)25-18-33(4,5)19-26(37)30(25)29(28)23-14-10-11-15-24(23)34/h7-17,29H,6,18-19H2,1-5H3/b17-16+. The van der Waals surface area contributed by atoms with Gasteiger partial charge >= 0.3 is 5.97 Å². The van der Waals surface area contributed by atoms with Crippen molar-refractivity contribution in [3.63, 3.8) is 0 Å². The van der Waals surface area contributed by atoms with Crippen molar-refractivity contribution in [3.05, 3.63) is 105 Å². The van der Waals surface area contributed by atoms with Crippen LogP contribution in [0.2, 0.25) is 5.02 Å². The van der Waals surface area contributed by atoms with E-state index in [4.69, 9.17) is 20.9 Å². The molecule has 2 aliphatic rings. The summed E-state index contributed by atoms with van der Waals surface area (Å²) in [6, 6.07) is 17.3. The van der Waals surface area contributed by atoms with Gasteiger partial charge in [-0.25, -0.2) is 4.79 Å². The maximum absolute atomic E-state index is 14.0. The van der Waals surface area contributed by atoms with Crippen LogP contribution in [-0.4, -0.2) is 23.5 Å². The third-order valence-corrected chi connectivity index (χ3v) is 7.83. The van der Waals surface area contributed by atoms with E-state index in [1.165, 1.54) is 0 Å². The molecule has 0 saturated heterocycles. The Morgan fingerprint density at radius 3 is 2.50 bits per heavy atom. The van der Waals surface area contributed by atoms with Gasteiger partial charge in [-0.3, -0.25) is 4.79 Å². The van der Waals surface area contributed by atoms with Crippen LogP contribution in [0.25, 0.3) is 12.2 Å². The Hall–Kier alpha value is -3.90. The van der Waals surface area contributed by atoms with E-state index in [9.17, 15) is 9.59 Å². The number of aryl methyl sites for hydroxylation is 1. The van der Waals surface area contributed by atoms with Crippen LogP contribution in [0.4, 0.5) is 5.69 Å². The van der Waals surface area contributed by atoms with E-state index in [-0.39, 0.29) is 17.8 Å². The van der Waals surface area contributed by atoms with Gasteiger partial charge < -0.3 is 14.2 Å². The lowest BCUT2D eigenvalue weighted by Gasteiger charge is -2.44. The van der Waals surface area contributed by atoms with Gasteiger partial charge in [0.15, 0.2) is 11.5 Å². The van der Waals surface area contributed by atoms with Crippen molar-refractivity contribution < 1.29 is 18.8 Å². The lowest BCUT2D eigenvalue weighted by Crippen LogP contribution is -2.41. The minimum Gasteiger partial charge on any atom is -0.463 e. The molecule has 2 aromatic carbocycles. The Kier molecular flexibility index (Phi) is 7.56. The predicted molar refractivity (Wildman–Crippen MR) is 158 cm³/mol. The number of allylic oxidation sites excluding steroid dienone is 3. The van der Waals surface area contributed by atoms with E-state index in [0.717, 1.165) is 11.3 Å². The molecule has 0 fully saturated rings. The van der Waals surface area contributed by atoms with Crippen molar-refractivity contribution in [1.82, 2.24) is 5.16 Å². The van der Waals surface area contributed by atoms with Gasteiger partial charge in [0, 0.05) is 34.3 Å². The number of anilines is 1. The van der Waals surface area contributed by atoms with Gasteiger partial charge in [0.25, 0.3) is 0 Å². The lowest BCUT2D eigenvalue weighted by molar-refractivity contribution is -0.138. The quantitative estimate of drug-likeness (QED) is 0.287. The number of halogens is 1. The molecule has 1 atom stereocenters. The van der Waals surface area contributed by atoms with Crippen molar-refractivity contribution in [2.24, 2.45) is 5.41 Å². The predicted octanol–water partition coefficient (Wildman–Crippen LogP) is 7.89. The van der Waals surface area contributed by atoms with E-state index in [1.54, 1.807) is 13.0 Å². The van der Waals surface area contributed by atoms with E-state index in [0.29, 0.717) is 57.4 Å². The van der Waals surface area contributed by atoms with Gasteiger partial charge in [-0.1, -0.05) is 85.2 Å². The fraction of sp³-hybridized carbons (Fsp3) is 0.303. The summed E-state index contributed by atoms with van der Waals surface area (Å²) in [5.41, 5.74) is 5.22. The maximum atomic E-state index is 14.0. The molecule has 6 nitrogen and oxygen atoms in total. The highest BCUT2D eigenvalue weighted by molar-refractivity contribution is 6.31. The molecule has 0 spiro atoms. The van der Waals surface area contributed by atoms with Crippen LogP contribution in [0, 0.1) is 12.3 Å². The van der Waals surface area contributed by atoms with E-state index < -0.39 is 11.9 Å². The molecule has 0 saturated carbocycles. The molecule has 0 bridgehead atoms. The minimum atomic E-state index is -0.647. The zero-order chi connectivity index (χ0) is 28.6. The molecule has 206 valence electrons. The lowest BCUT2D eigenvalue weighted by atomic mass is 9.68. The SMILES string of the molecule is CCOC(=O)C1=C(C)N(c2c(C)noc2/C=C/c2ccccc2)C2=C(C(=O)CC(C)(C)C2)C1c1ccccc1Cl. The van der Waals surface area contributed by atoms with E-state index in [1.807, 2.05) is 79.4 Å². The Bertz CT molecular complexity index is 1560. The van der Waals surface area contributed by atoms with Crippen LogP contribution in [0.5, 0.6) is 0 Å². The van der Waals surface area contributed by atoms with E-state index >= 15 is 0 Å². The summed E-state index contributed by atoms with van der Waals surface area (Å²) in [4.78, 5) is 29.7. The van der Waals surface area contributed by atoms with Crippen LogP contribution >= 0.6 is 11.6 Å². The number of esters is 1. The Morgan fingerprint density at radius 1 is 1.10 bits per heavy atom. The highest BCUT2D eigenvalue weighted by Gasteiger charge is 2.47. The maximum Gasteiger partial charge on any atom is 0.336 e. The number of hydrogen-bond donors (Lipinski definition) is 0. The first-order chi connectivity index (χ1) is 19.1. The summed E-state index contributed by atoms with van der Waals surface area (Å²) in [7, 11) is 0. The molecule has 7 heteroatoms. The summed E-state index contributed by atoms with van der Waals surface area (Å²) < 4.78 is 11.4. The zero-order valence-electron chi connectivity index (χ0n) is 23.5. The average Bonchev–Trinajstić information content (AvgIpc) is 3.27.